The highest BCUT2D eigenvalue weighted by Crippen LogP contribution is 2.27. The van der Waals surface area contributed by atoms with E-state index in [2.05, 4.69) is 25.9 Å². The minimum Gasteiger partial charge on any atom is -0.465 e. The molecule has 10 nitrogen and oxygen atoms in total. The molecule has 2 aromatic rings. The van der Waals surface area contributed by atoms with Crippen LogP contribution in [-0.4, -0.2) is 59.6 Å². The Morgan fingerprint density at radius 2 is 1.94 bits per heavy atom. The number of amides is 1. The van der Waals surface area contributed by atoms with Gasteiger partial charge in [-0.15, -0.1) is 0 Å². The smallest absolute Gasteiger partial charge is 0.404 e. The highest BCUT2D eigenvalue weighted by molar-refractivity contribution is 5.66. The zero-order chi connectivity index (χ0) is 25.5. The van der Waals surface area contributed by atoms with Crippen molar-refractivity contribution >= 4 is 29.2 Å². The third kappa shape index (κ3) is 6.89. The molecule has 0 saturated carbocycles. The van der Waals surface area contributed by atoms with Crippen molar-refractivity contribution in [2.75, 3.05) is 41.8 Å². The zero-order valence-corrected chi connectivity index (χ0v) is 19.8. The van der Waals surface area contributed by atoms with Crippen molar-refractivity contribution in [2.24, 2.45) is 5.92 Å². The Labute approximate surface area is 202 Å². The standard InChI is InChI=1S/C23H29F2N7O3/c1-13(2)8-19(14(3)28-23(33)34)30-21-17(24)9-15(11-26)20(31-21)29-16-10-18(25)22(27-12-16)32-4-6-35-7-5-32/h9-10,12-14,19,28H,4-8H2,1-3H3,(H,33,34)(H2,29,30,31)/t14-,19-/m0/s1. The quantitative estimate of drug-likeness (QED) is 0.416. The first-order valence-corrected chi connectivity index (χ1v) is 11.3. The second kappa shape index (κ2) is 11.6. The summed E-state index contributed by atoms with van der Waals surface area (Å²) >= 11 is 0. The molecule has 2 atom stereocenters. The normalized spacial score (nSPS) is 15.3. The lowest BCUT2D eigenvalue weighted by molar-refractivity contribution is 0.122. The zero-order valence-electron chi connectivity index (χ0n) is 19.8. The van der Waals surface area contributed by atoms with Crippen LogP contribution in [0, 0.1) is 28.9 Å². The molecule has 12 heteroatoms. The van der Waals surface area contributed by atoms with Gasteiger partial charge >= 0.3 is 6.09 Å². The molecule has 0 aliphatic carbocycles. The van der Waals surface area contributed by atoms with Gasteiger partial charge < -0.3 is 30.7 Å². The summed E-state index contributed by atoms with van der Waals surface area (Å²) in [6.45, 7) is 7.60. The first kappa shape index (κ1) is 25.9. The first-order chi connectivity index (χ1) is 16.7. The number of ether oxygens (including phenoxy) is 1. The number of nitriles is 1. The molecule has 1 fully saturated rings. The van der Waals surface area contributed by atoms with E-state index in [0.717, 1.165) is 6.07 Å². The Kier molecular flexibility index (Phi) is 8.59. The molecule has 1 saturated heterocycles. The molecular weight excluding hydrogens is 460 g/mol. The van der Waals surface area contributed by atoms with E-state index in [4.69, 9.17) is 9.84 Å². The lowest BCUT2D eigenvalue weighted by Crippen LogP contribution is -2.45. The van der Waals surface area contributed by atoms with E-state index >= 15 is 0 Å². The van der Waals surface area contributed by atoms with E-state index in [-0.39, 0.29) is 34.6 Å². The molecular formula is C23H29F2N7O3. The fourth-order valence-electron chi connectivity index (χ4n) is 3.78. The van der Waals surface area contributed by atoms with Gasteiger partial charge in [0.25, 0.3) is 0 Å². The molecule has 0 unspecified atom stereocenters. The highest BCUT2D eigenvalue weighted by atomic mass is 19.1. The van der Waals surface area contributed by atoms with E-state index in [0.29, 0.717) is 32.7 Å². The van der Waals surface area contributed by atoms with Gasteiger partial charge in [-0.1, -0.05) is 13.8 Å². The maximum absolute atomic E-state index is 14.8. The molecule has 0 radical (unpaired) electrons. The van der Waals surface area contributed by atoms with E-state index < -0.39 is 29.8 Å². The summed E-state index contributed by atoms with van der Waals surface area (Å²) < 4.78 is 34.8. The summed E-state index contributed by atoms with van der Waals surface area (Å²) in [5, 5.41) is 26.7. The Hall–Kier alpha value is -3.72. The lowest BCUT2D eigenvalue weighted by Gasteiger charge is -2.28. The molecule has 3 heterocycles. The number of anilines is 4. The van der Waals surface area contributed by atoms with E-state index in [1.54, 1.807) is 11.8 Å². The van der Waals surface area contributed by atoms with E-state index in [9.17, 15) is 18.8 Å². The largest absolute Gasteiger partial charge is 0.465 e. The number of carbonyl (C=O) groups is 1. The van der Waals surface area contributed by atoms with Crippen molar-refractivity contribution in [3.63, 3.8) is 0 Å². The number of halogens is 2. The molecule has 1 aliphatic rings. The number of hydrogen-bond acceptors (Lipinski definition) is 8. The SMILES string of the molecule is CC(C)C[C@H](Nc1nc(Nc2cnc(N3CCOCC3)c(F)c2)c(C#N)cc1F)[C@H](C)NC(=O)O. The average Bonchev–Trinajstić information content (AvgIpc) is 2.80. The molecule has 1 amide bonds. The third-order valence-electron chi connectivity index (χ3n) is 5.49. The molecule has 188 valence electrons. The monoisotopic (exact) mass is 489 g/mol. The van der Waals surface area contributed by atoms with Crippen LogP contribution in [-0.2, 0) is 4.74 Å². The van der Waals surface area contributed by atoms with Gasteiger partial charge in [-0.05, 0) is 25.3 Å². The molecule has 0 bridgehead atoms. The fraction of sp³-hybridized carbons (Fsp3) is 0.478. The van der Waals surface area contributed by atoms with Gasteiger partial charge in [0.05, 0.1) is 30.7 Å². The number of rotatable bonds is 9. The number of morpholine rings is 1. The van der Waals surface area contributed by atoms with Gasteiger partial charge in [-0.3, -0.25) is 0 Å². The predicted molar refractivity (Wildman–Crippen MR) is 127 cm³/mol. The van der Waals surface area contributed by atoms with Crippen molar-refractivity contribution in [1.82, 2.24) is 15.3 Å². The summed E-state index contributed by atoms with van der Waals surface area (Å²) in [7, 11) is 0. The van der Waals surface area contributed by atoms with Crippen LogP contribution < -0.4 is 20.9 Å². The summed E-state index contributed by atoms with van der Waals surface area (Å²) in [6, 6.07) is 3.11. The van der Waals surface area contributed by atoms with Gasteiger partial charge in [-0.25, -0.2) is 23.5 Å². The lowest BCUT2D eigenvalue weighted by atomic mass is 9.98. The van der Waals surface area contributed by atoms with E-state index in [1.165, 1.54) is 12.3 Å². The number of aromatic nitrogens is 2. The van der Waals surface area contributed by atoms with Crippen LogP contribution in [0.25, 0.3) is 0 Å². The molecule has 0 spiro atoms. The highest BCUT2D eigenvalue weighted by Gasteiger charge is 2.23. The van der Waals surface area contributed by atoms with Crippen LogP contribution in [0.1, 0.15) is 32.8 Å². The number of pyridine rings is 2. The van der Waals surface area contributed by atoms with Crippen molar-refractivity contribution in [1.29, 1.82) is 5.26 Å². The van der Waals surface area contributed by atoms with Crippen LogP contribution in [0.4, 0.5) is 36.7 Å². The van der Waals surface area contributed by atoms with Gasteiger partial charge in [0, 0.05) is 31.2 Å². The van der Waals surface area contributed by atoms with Gasteiger partial charge in [0.15, 0.2) is 29.1 Å². The van der Waals surface area contributed by atoms with Gasteiger partial charge in [0.1, 0.15) is 6.07 Å². The second-order valence-electron chi connectivity index (χ2n) is 8.70. The summed E-state index contributed by atoms with van der Waals surface area (Å²) in [6.07, 6.45) is 0.746. The number of carboxylic acid groups (broad SMARTS) is 1. The van der Waals surface area contributed by atoms with E-state index in [1.807, 2.05) is 19.9 Å². The molecule has 2 aromatic heterocycles. The number of hydrogen-bond donors (Lipinski definition) is 4. The number of nitrogens with one attached hydrogen (secondary N) is 3. The average molecular weight is 490 g/mol. The predicted octanol–water partition coefficient (Wildman–Crippen LogP) is 3.69. The first-order valence-electron chi connectivity index (χ1n) is 11.3. The Morgan fingerprint density at radius 3 is 2.54 bits per heavy atom. The maximum atomic E-state index is 14.8. The molecule has 0 aromatic carbocycles. The van der Waals surface area contributed by atoms with Crippen LogP contribution in [0.3, 0.4) is 0 Å². The Bertz CT molecular complexity index is 1090. The minimum atomic E-state index is -1.20. The van der Waals surface area contributed by atoms with Crippen molar-refractivity contribution in [3.05, 3.63) is 35.5 Å². The molecule has 4 N–H and O–H groups in total. The molecule has 1 aliphatic heterocycles. The van der Waals surface area contributed by atoms with Gasteiger partial charge in [0.2, 0.25) is 0 Å². The Morgan fingerprint density at radius 1 is 1.23 bits per heavy atom. The second-order valence-corrected chi connectivity index (χ2v) is 8.70. The van der Waals surface area contributed by atoms with Crippen LogP contribution in [0.15, 0.2) is 18.3 Å². The summed E-state index contributed by atoms with van der Waals surface area (Å²) in [5.74, 6) is -1.08. The Balaban J connectivity index is 1.85. The molecule has 3 rings (SSSR count). The summed E-state index contributed by atoms with van der Waals surface area (Å²) in [4.78, 5) is 21.3. The van der Waals surface area contributed by atoms with Crippen LogP contribution in [0.5, 0.6) is 0 Å². The maximum Gasteiger partial charge on any atom is 0.404 e. The molecule has 35 heavy (non-hydrogen) atoms. The summed E-state index contributed by atoms with van der Waals surface area (Å²) in [5.41, 5.74) is 0.156. The van der Waals surface area contributed by atoms with Crippen LogP contribution >= 0.6 is 0 Å². The van der Waals surface area contributed by atoms with Crippen molar-refractivity contribution in [2.45, 2.75) is 39.3 Å². The third-order valence-corrected chi connectivity index (χ3v) is 5.49. The van der Waals surface area contributed by atoms with Gasteiger partial charge in [-0.2, -0.15) is 5.26 Å². The van der Waals surface area contributed by atoms with Crippen molar-refractivity contribution in [3.8, 4) is 6.07 Å². The minimum absolute atomic E-state index is 0.0128. The van der Waals surface area contributed by atoms with Crippen molar-refractivity contribution < 1.29 is 23.4 Å². The van der Waals surface area contributed by atoms with Crippen LogP contribution in [0.2, 0.25) is 0 Å². The fourth-order valence-corrected chi connectivity index (χ4v) is 3.78. The topological polar surface area (TPSA) is 135 Å². The number of nitrogens with zero attached hydrogens (tertiary/aromatic N) is 4.